The molecule has 0 aliphatic heterocycles. The van der Waals surface area contributed by atoms with Crippen LogP contribution in [-0.4, -0.2) is 27.1 Å². The molecule has 0 unspecified atom stereocenters. The SMILES string of the molecule is O=C(O)Cc1ccc(NC(=O)c2ccc(O)cc2F)cn1. The number of aromatic nitrogens is 1. The van der Waals surface area contributed by atoms with Gasteiger partial charge in [-0.1, -0.05) is 0 Å². The molecule has 0 bridgehead atoms. The molecule has 2 rings (SSSR count). The summed E-state index contributed by atoms with van der Waals surface area (Å²) < 4.78 is 13.5. The molecule has 0 aliphatic carbocycles. The van der Waals surface area contributed by atoms with Crippen LogP contribution >= 0.6 is 0 Å². The van der Waals surface area contributed by atoms with Gasteiger partial charge in [-0.3, -0.25) is 14.6 Å². The molecule has 1 heterocycles. The van der Waals surface area contributed by atoms with Gasteiger partial charge in [0.15, 0.2) is 0 Å². The molecule has 0 saturated heterocycles. The van der Waals surface area contributed by atoms with Crippen molar-refractivity contribution in [2.24, 2.45) is 0 Å². The number of aromatic hydroxyl groups is 1. The summed E-state index contributed by atoms with van der Waals surface area (Å²) in [4.78, 5) is 26.2. The van der Waals surface area contributed by atoms with E-state index in [1.54, 1.807) is 0 Å². The first kappa shape index (κ1) is 14.4. The standard InChI is InChI=1S/C14H11FN2O4/c15-12-6-10(18)3-4-11(12)14(21)17-9-2-1-8(16-7-9)5-13(19)20/h1-4,6-7,18H,5H2,(H,17,21)(H,19,20). The van der Waals surface area contributed by atoms with Gasteiger partial charge in [-0.15, -0.1) is 0 Å². The first-order valence-electron chi connectivity index (χ1n) is 5.92. The Bertz CT molecular complexity index is 686. The Kier molecular flexibility index (Phi) is 4.13. The van der Waals surface area contributed by atoms with Crippen LogP contribution in [0.2, 0.25) is 0 Å². The molecule has 0 radical (unpaired) electrons. The Labute approximate surface area is 118 Å². The summed E-state index contributed by atoms with van der Waals surface area (Å²) in [5.41, 5.74) is 0.431. The second kappa shape index (κ2) is 6.00. The van der Waals surface area contributed by atoms with Gasteiger partial charge < -0.3 is 15.5 Å². The largest absolute Gasteiger partial charge is 0.508 e. The van der Waals surface area contributed by atoms with Crippen LogP contribution in [-0.2, 0) is 11.2 Å². The number of hydrogen-bond acceptors (Lipinski definition) is 4. The Morgan fingerprint density at radius 2 is 2.00 bits per heavy atom. The second-order valence-electron chi connectivity index (χ2n) is 4.23. The molecular weight excluding hydrogens is 279 g/mol. The van der Waals surface area contributed by atoms with E-state index in [2.05, 4.69) is 10.3 Å². The highest BCUT2D eigenvalue weighted by molar-refractivity contribution is 6.04. The number of aliphatic carboxylic acids is 1. The molecule has 21 heavy (non-hydrogen) atoms. The lowest BCUT2D eigenvalue weighted by atomic mass is 10.2. The number of phenols is 1. The highest BCUT2D eigenvalue weighted by atomic mass is 19.1. The maximum atomic E-state index is 13.5. The minimum absolute atomic E-state index is 0.220. The molecular formula is C14H11FN2O4. The number of phenolic OH excluding ortho intramolecular Hbond substituents is 1. The number of nitrogens with zero attached hydrogens (tertiary/aromatic N) is 1. The van der Waals surface area contributed by atoms with Crippen LogP contribution in [0.25, 0.3) is 0 Å². The minimum Gasteiger partial charge on any atom is -0.508 e. The third kappa shape index (κ3) is 3.75. The molecule has 1 aromatic heterocycles. The number of rotatable bonds is 4. The quantitative estimate of drug-likeness (QED) is 0.797. The first-order valence-corrected chi connectivity index (χ1v) is 5.92. The van der Waals surface area contributed by atoms with Crippen molar-refractivity contribution >= 4 is 17.6 Å². The third-order valence-corrected chi connectivity index (χ3v) is 2.61. The van der Waals surface area contributed by atoms with Gasteiger partial charge in [0.25, 0.3) is 5.91 Å². The maximum absolute atomic E-state index is 13.5. The van der Waals surface area contributed by atoms with Crippen molar-refractivity contribution in [3.05, 3.63) is 53.6 Å². The first-order chi connectivity index (χ1) is 9.95. The lowest BCUT2D eigenvalue weighted by Gasteiger charge is -2.06. The van der Waals surface area contributed by atoms with E-state index in [1.165, 1.54) is 24.4 Å². The van der Waals surface area contributed by atoms with E-state index in [1.807, 2.05) is 0 Å². The number of hydrogen-bond donors (Lipinski definition) is 3. The fraction of sp³-hybridized carbons (Fsp3) is 0.0714. The van der Waals surface area contributed by atoms with Crippen molar-refractivity contribution in [1.82, 2.24) is 4.98 Å². The zero-order valence-corrected chi connectivity index (χ0v) is 10.7. The Balaban J connectivity index is 2.10. The fourth-order valence-electron chi connectivity index (χ4n) is 1.64. The van der Waals surface area contributed by atoms with Crippen LogP contribution in [0.4, 0.5) is 10.1 Å². The molecule has 1 amide bonds. The topological polar surface area (TPSA) is 99.5 Å². The highest BCUT2D eigenvalue weighted by Gasteiger charge is 2.12. The summed E-state index contributed by atoms with van der Waals surface area (Å²) in [5.74, 6) is -2.82. The van der Waals surface area contributed by atoms with Crippen molar-refractivity contribution in [3.8, 4) is 5.75 Å². The molecule has 3 N–H and O–H groups in total. The number of carbonyl (C=O) groups excluding carboxylic acids is 1. The van der Waals surface area contributed by atoms with Crippen molar-refractivity contribution in [2.75, 3.05) is 5.32 Å². The van der Waals surface area contributed by atoms with E-state index in [0.717, 1.165) is 12.1 Å². The number of benzene rings is 1. The average Bonchev–Trinajstić information content (AvgIpc) is 2.40. The molecule has 108 valence electrons. The van der Waals surface area contributed by atoms with E-state index in [4.69, 9.17) is 10.2 Å². The normalized spacial score (nSPS) is 10.1. The fourth-order valence-corrected chi connectivity index (χ4v) is 1.64. The van der Waals surface area contributed by atoms with Crippen LogP contribution in [0.3, 0.4) is 0 Å². The van der Waals surface area contributed by atoms with Crippen molar-refractivity contribution in [2.45, 2.75) is 6.42 Å². The molecule has 0 fully saturated rings. The zero-order valence-electron chi connectivity index (χ0n) is 10.7. The van der Waals surface area contributed by atoms with Gasteiger partial charge in [0.1, 0.15) is 11.6 Å². The predicted molar refractivity (Wildman–Crippen MR) is 71.6 cm³/mol. The van der Waals surface area contributed by atoms with E-state index in [0.29, 0.717) is 11.4 Å². The lowest BCUT2D eigenvalue weighted by Crippen LogP contribution is -2.14. The molecule has 1 aromatic carbocycles. The summed E-state index contributed by atoms with van der Waals surface area (Å²) >= 11 is 0. The van der Waals surface area contributed by atoms with E-state index in [9.17, 15) is 14.0 Å². The van der Waals surface area contributed by atoms with Crippen molar-refractivity contribution in [3.63, 3.8) is 0 Å². The zero-order chi connectivity index (χ0) is 15.4. The highest BCUT2D eigenvalue weighted by Crippen LogP contribution is 2.16. The van der Waals surface area contributed by atoms with Crippen LogP contribution in [0, 0.1) is 5.82 Å². The van der Waals surface area contributed by atoms with Crippen LogP contribution in [0.15, 0.2) is 36.5 Å². The summed E-state index contributed by atoms with van der Waals surface area (Å²) in [6.07, 6.45) is 1.06. The number of halogens is 1. The van der Waals surface area contributed by atoms with E-state index >= 15 is 0 Å². The summed E-state index contributed by atoms with van der Waals surface area (Å²) in [6, 6.07) is 6.12. The number of pyridine rings is 1. The van der Waals surface area contributed by atoms with Crippen LogP contribution in [0.1, 0.15) is 16.1 Å². The smallest absolute Gasteiger partial charge is 0.309 e. The summed E-state index contributed by atoms with van der Waals surface area (Å²) in [7, 11) is 0. The summed E-state index contributed by atoms with van der Waals surface area (Å²) in [5, 5.41) is 20.1. The molecule has 0 atom stereocenters. The van der Waals surface area contributed by atoms with Gasteiger partial charge in [-0.05, 0) is 24.3 Å². The van der Waals surface area contributed by atoms with E-state index < -0.39 is 17.7 Å². The Hall–Kier alpha value is -2.96. The molecule has 6 nitrogen and oxygen atoms in total. The monoisotopic (exact) mass is 290 g/mol. The molecule has 7 heteroatoms. The van der Waals surface area contributed by atoms with Crippen LogP contribution in [0.5, 0.6) is 5.75 Å². The van der Waals surface area contributed by atoms with Gasteiger partial charge in [0.2, 0.25) is 0 Å². The van der Waals surface area contributed by atoms with Gasteiger partial charge in [0, 0.05) is 6.07 Å². The second-order valence-corrected chi connectivity index (χ2v) is 4.23. The average molecular weight is 290 g/mol. The summed E-state index contributed by atoms with van der Waals surface area (Å²) in [6.45, 7) is 0. The van der Waals surface area contributed by atoms with Gasteiger partial charge >= 0.3 is 5.97 Å². The van der Waals surface area contributed by atoms with Crippen LogP contribution < -0.4 is 5.32 Å². The number of anilines is 1. The number of amides is 1. The number of carboxylic acids is 1. The Morgan fingerprint density at radius 3 is 2.57 bits per heavy atom. The molecule has 0 spiro atoms. The number of carbonyl (C=O) groups is 2. The van der Waals surface area contributed by atoms with Gasteiger partial charge in [-0.2, -0.15) is 0 Å². The van der Waals surface area contributed by atoms with Gasteiger partial charge in [0.05, 0.1) is 29.6 Å². The van der Waals surface area contributed by atoms with Gasteiger partial charge in [-0.25, -0.2) is 4.39 Å². The maximum Gasteiger partial charge on any atom is 0.309 e. The van der Waals surface area contributed by atoms with Crippen molar-refractivity contribution < 1.29 is 24.2 Å². The van der Waals surface area contributed by atoms with E-state index in [-0.39, 0.29) is 17.7 Å². The Morgan fingerprint density at radius 1 is 1.24 bits per heavy atom. The minimum atomic E-state index is -1.01. The molecule has 0 aliphatic rings. The predicted octanol–water partition coefficient (Wildman–Crippen LogP) is 1.81. The third-order valence-electron chi connectivity index (χ3n) is 2.61. The number of carboxylic acid groups (broad SMARTS) is 1. The lowest BCUT2D eigenvalue weighted by molar-refractivity contribution is -0.136. The van der Waals surface area contributed by atoms with Crippen molar-refractivity contribution in [1.29, 1.82) is 0 Å². The number of nitrogens with one attached hydrogen (secondary N) is 1. The molecule has 2 aromatic rings. The molecule has 0 saturated carbocycles.